The highest BCUT2D eigenvalue weighted by Gasteiger charge is 2.01. The fraction of sp³-hybridized carbons (Fsp3) is 0.778. The monoisotopic (exact) mass is 217 g/mol. The zero-order valence-corrected chi connectivity index (χ0v) is 8.83. The molecule has 88 valence electrons. The third kappa shape index (κ3) is 10.8. The Morgan fingerprint density at radius 3 is 2.40 bits per heavy atom. The Hall–Kier alpha value is -1.14. The first-order valence-electron chi connectivity index (χ1n) is 5.06. The van der Waals surface area contributed by atoms with Gasteiger partial charge in [0.05, 0.1) is 0 Å². The summed E-state index contributed by atoms with van der Waals surface area (Å²) < 4.78 is 0. The molecule has 0 saturated carbocycles. The quantitative estimate of drug-likeness (QED) is 0.355. The zero-order valence-electron chi connectivity index (χ0n) is 8.83. The van der Waals surface area contributed by atoms with Crippen LogP contribution >= 0.6 is 0 Å². The van der Waals surface area contributed by atoms with Gasteiger partial charge in [0.15, 0.2) is 6.61 Å². The summed E-state index contributed by atoms with van der Waals surface area (Å²) >= 11 is 0. The fourth-order valence-electron chi connectivity index (χ4n) is 1.02. The lowest BCUT2D eigenvalue weighted by Gasteiger charge is -2.03. The van der Waals surface area contributed by atoms with Crippen LogP contribution in [0.2, 0.25) is 0 Å². The first-order chi connectivity index (χ1) is 7.16. The average molecular weight is 217 g/mol. The van der Waals surface area contributed by atoms with Gasteiger partial charge >= 0.3 is 0 Å². The van der Waals surface area contributed by atoms with Crippen LogP contribution in [0.4, 0.5) is 0 Å². The van der Waals surface area contributed by atoms with Crippen molar-refractivity contribution in [2.45, 2.75) is 32.1 Å². The van der Waals surface area contributed by atoms with Gasteiger partial charge in [-0.1, -0.05) is 12.8 Å². The molecule has 0 unspecified atom stereocenters. The first-order valence-corrected chi connectivity index (χ1v) is 5.06. The molecule has 0 aromatic rings. The number of rotatable bonds is 9. The lowest BCUT2D eigenvalue weighted by Crippen LogP contribution is -2.29. The number of amides is 2. The van der Waals surface area contributed by atoms with Gasteiger partial charge in [-0.15, -0.1) is 0 Å². The number of carbonyl (C=O) groups excluding carboxylic acids is 2. The minimum atomic E-state index is -0.613. The normalized spacial score (nSPS) is 9.93. The summed E-state index contributed by atoms with van der Waals surface area (Å²) in [5, 5.41) is 0. The summed E-state index contributed by atoms with van der Waals surface area (Å²) in [6.07, 6.45) is 4.18. The van der Waals surface area contributed by atoms with E-state index in [1.165, 1.54) is 0 Å². The fourth-order valence-corrected chi connectivity index (χ4v) is 1.02. The molecular formula is C9H19N3O3. The highest BCUT2D eigenvalue weighted by molar-refractivity contribution is 5.76. The van der Waals surface area contributed by atoms with Crippen molar-refractivity contribution in [2.75, 3.05) is 13.2 Å². The summed E-state index contributed by atoms with van der Waals surface area (Å²) in [5.74, 6) is -0.845. The SMILES string of the molecule is NCCCCCCC(=O)NOCC(N)=O. The minimum absolute atomic E-state index is 0.232. The van der Waals surface area contributed by atoms with Crippen molar-refractivity contribution in [1.82, 2.24) is 5.48 Å². The Bertz CT molecular complexity index is 197. The van der Waals surface area contributed by atoms with Crippen molar-refractivity contribution in [3.05, 3.63) is 0 Å². The molecule has 0 atom stereocenters. The lowest BCUT2D eigenvalue weighted by molar-refractivity contribution is -0.138. The molecular weight excluding hydrogens is 198 g/mol. The molecule has 0 aliphatic rings. The van der Waals surface area contributed by atoms with E-state index in [2.05, 4.69) is 10.3 Å². The second-order valence-electron chi connectivity index (χ2n) is 3.23. The van der Waals surface area contributed by atoms with Gasteiger partial charge in [-0.2, -0.15) is 0 Å². The van der Waals surface area contributed by atoms with Gasteiger partial charge in [-0.25, -0.2) is 5.48 Å². The van der Waals surface area contributed by atoms with E-state index in [0.717, 1.165) is 25.7 Å². The largest absolute Gasteiger partial charge is 0.368 e. The molecule has 2 amide bonds. The molecule has 6 heteroatoms. The number of hydrogen-bond donors (Lipinski definition) is 3. The first kappa shape index (κ1) is 13.9. The smallest absolute Gasteiger partial charge is 0.246 e. The molecule has 5 N–H and O–H groups in total. The van der Waals surface area contributed by atoms with Crippen LogP contribution < -0.4 is 16.9 Å². The molecule has 0 aromatic heterocycles. The van der Waals surface area contributed by atoms with Crippen LogP contribution in [-0.4, -0.2) is 25.0 Å². The van der Waals surface area contributed by atoms with Crippen molar-refractivity contribution >= 4 is 11.8 Å². The van der Waals surface area contributed by atoms with Crippen LogP contribution in [0, 0.1) is 0 Å². The predicted molar refractivity (Wildman–Crippen MR) is 55.4 cm³/mol. The molecule has 0 rings (SSSR count). The van der Waals surface area contributed by atoms with E-state index >= 15 is 0 Å². The number of nitrogens with one attached hydrogen (secondary N) is 1. The molecule has 0 fully saturated rings. The van der Waals surface area contributed by atoms with Crippen LogP contribution in [0.15, 0.2) is 0 Å². The van der Waals surface area contributed by atoms with Gasteiger partial charge in [0.2, 0.25) is 11.8 Å². The van der Waals surface area contributed by atoms with E-state index in [1.54, 1.807) is 0 Å². The second kappa shape index (κ2) is 9.42. The molecule has 15 heavy (non-hydrogen) atoms. The van der Waals surface area contributed by atoms with Crippen LogP contribution in [0.25, 0.3) is 0 Å². The Morgan fingerprint density at radius 2 is 1.80 bits per heavy atom. The Kier molecular flexibility index (Phi) is 8.70. The van der Waals surface area contributed by atoms with Crippen LogP contribution in [0.3, 0.4) is 0 Å². The molecule has 0 bridgehead atoms. The highest BCUT2D eigenvalue weighted by atomic mass is 16.7. The van der Waals surface area contributed by atoms with Crippen molar-refractivity contribution in [3.8, 4) is 0 Å². The molecule has 0 saturated heterocycles. The molecule has 0 spiro atoms. The maximum absolute atomic E-state index is 11.0. The number of hydrogen-bond acceptors (Lipinski definition) is 4. The van der Waals surface area contributed by atoms with Gasteiger partial charge < -0.3 is 11.5 Å². The summed E-state index contributed by atoms with van der Waals surface area (Å²) in [6.45, 7) is 0.396. The number of carbonyl (C=O) groups is 2. The summed E-state index contributed by atoms with van der Waals surface area (Å²) in [7, 11) is 0. The molecule has 6 nitrogen and oxygen atoms in total. The van der Waals surface area contributed by atoms with Crippen LogP contribution in [0.5, 0.6) is 0 Å². The average Bonchev–Trinajstić information content (AvgIpc) is 2.17. The third-order valence-corrected chi connectivity index (χ3v) is 1.76. The van der Waals surface area contributed by atoms with E-state index in [0.29, 0.717) is 13.0 Å². The predicted octanol–water partition coefficient (Wildman–Crippen LogP) is -0.571. The zero-order chi connectivity index (χ0) is 11.5. The van der Waals surface area contributed by atoms with Crippen molar-refractivity contribution in [2.24, 2.45) is 11.5 Å². The highest BCUT2D eigenvalue weighted by Crippen LogP contribution is 2.01. The summed E-state index contributed by atoms with van der Waals surface area (Å²) in [5.41, 5.74) is 12.3. The maximum Gasteiger partial charge on any atom is 0.246 e. The van der Waals surface area contributed by atoms with Crippen molar-refractivity contribution in [1.29, 1.82) is 0 Å². The van der Waals surface area contributed by atoms with Crippen molar-refractivity contribution < 1.29 is 14.4 Å². The number of primary amides is 1. The van der Waals surface area contributed by atoms with Gasteiger partial charge in [0, 0.05) is 6.42 Å². The van der Waals surface area contributed by atoms with Crippen molar-refractivity contribution in [3.63, 3.8) is 0 Å². The third-order valence-electron chi connectivity index (χ3n) is 1.76. The van der Waals surface area contributed by atoms with E-state index in [-0.39, 0.29) is 12.5 Å². The van der Waals surface area contributed by atoms with Gasteiger partial charge in [0.25, 0.3) is 0 Å². The van der Waals surface area contributed by atoms with Gasteiger partial charge in [-0.05, 0) is 19.4 Å². The molecule has 0 aliphatic heterocycles. The maximum atomic E-state index is 11.0. The lowest BCUT2D eigenvalue weighted by atomic mass is 10.1. The summed E-state index contributed by atoms with van der Waals surface area (Å²) in [6, 6.07) is 0. The Morgan fingerprint density at radius 1 is 1.13 bits per heavy atom. The Balaban J connectivity index is 3.22. The second-order valence-corrected chi connectivity index (χ2v) is 3.23. The number of hydroxylamine groups is 1. The van der Waals surface area contributed by atoms with E-state index in [4.69, 9.17) is 11.5 Å². The van der Waals surface area contributed by atoms with Gasteiger partial charge in [-0.3, -0.25) is 14.4 Å². The van der Waals surface area contributed by atoms with Gasteiger partial charge in [0.1, 0.15) is 0 Å². The molecule has 0 heterocycles. The topological polar surface area (TPSA) is 107 Å². The van der Waals surface area contributed by atoms with Crippen LogP contribution in [0.1, 0.15) is 32.1 Å². The Labute approximate surface area is 89.3 Å². The minimum Gasteiger partial charge on any atom is -0.368 e. The number of nitrogens with two attached hydrogens (primary N) is 2. The molecule has 0 aromatic carbocycles. The number of unbranched alkanes of at least 4 members (excludes halogenated alkanes) is 3. The van der Waals surface area contributed by atoms with E-state index in [9.17, 15) is 9.59 Å². The summed E-state index contributed by atoms with van der Waals surface area (Å²) in [4.78, 5) is 25.8. The van der Waals surface area contributed by atoms with E-state index < -0.39 is 5.91 Å². The standard InChI is InChI=1S/C9H19N3O3/c10-6-4-2-1-3-5-9(14)12-15-7-8(11)13/h1-7,10H2,(H2,11,13)(H,12,14). The van der Waals surface area contributed by atoms with Crippen LogP contribution in [-0.2, 0) is 14.4 Å². The van der Waals surface area contributed by atoms with E-state index in [1.807, 2.05) is 0 Å². The molecule has 0 radical (unpaired) electrons. The molecule has 0 aliphatic carbocycles.